The molecule has 1 aromatic rings. The van der Waals surface area contributed by atoms with Gasteiger partial charge in [0.1, 0.15) is 0 Å². The van der Waals surface area contributed by atoms with Crippen molar-refractivity contribution in [2.75, 3.05) is 0 Å². The molecule has 0 heterocycles. The fourth-order valence-electron chi connectivity index (χ4n) is 0.977. The van der Waals surface area contributed by atoms with Crippen LogP contribution in [0.2, 0.25) is 0 Å². The van der Waals surface area contributed by atoms with E-state index in [1.54, 1.807) is 0 Å². The minimum absolute atomic E-state index is 0.383. The summed E-state index contributed by atoms with van der Waals surface area (Å²) in [7, 11) is 0. The highest BCUT2D eigenvalue weighted by atomic mass is 16.6. The van der Waals surface area contributed by atoms with Crippen LogP contribution in [0.15, 0.2) is 24.3 Å². The summed E-state index contributed by atoms with van der Waals surface area (Å²) in [6.45, 7) is 0. The molecular formula is C9H8N2O4. The Kier molecular flexibility index (Phi) is 3.02. The first-order valence-electron chi connectivity index (χ1n) is 3.95. The molecule has 0 aliphatic carbocycles. The normalized spacial score (nSPS) is 10.4. The minimum atomic E-state index is -0.698. The first kappa shape index (κ1) is 10.7. The zero-order valence-corrected chi connectivity index (χ0v) is 7.58. The van der Waals surface area contributed by atoms with Gasteiger partial charge < -0.3 is 10.8 Å². The molecule has 6 nitrogen and oxygen atoms in total. The quantitative estimate of drug-likeness (QED) is 0.435. The van der Waals surface area contributed by atoms with Gasteiger partial charge in [-0.3, -0.25) is 14.9 Å². The van der Waals surface area contributed by atoms with Crippen LogP contribution in [0, 0.1) is 10.1 Å². The molecule has 78 valence electrons. The Balaban J connectivity index is 3.01. The zero-order valence-electron chi connectivity index (χ0n) is 7.58. The summed E-state index contributed by atoms with van der Waals surface area (Å²) in [6.07, 6.45) is 2.45. The summed E-state index contributed by atoms with van der Waals surface area (Å²) in [4.78, 5) is 20.1. The summed E-state index contributed by atoms with van der Waals surface area (Å²) < 4.78 is 0. The van der Waals surface area contributed by atoms with Crippen molar-refractivity contribution in [3.05, 3.63) is 40.0 Å². The van der Waals surface area contributed by atoms with Gasteiger partial charge in [0, 0.05) is 12.1 Å². The first-order chi connectivity index (χ1) is 7.00. The van der Waals surface area contributed by atoms with Crippen LogP contribution in [0.3, 0.4) is 0 Å². The second-order valence-electron chi connectivity index (χ2n) is 2.74. The number of phenolic OH excluding ortho intramolecular Hbond substituents is 1. The van der Waals surface area contributed by atoms with Crippen molar-refractivity contribution >= 4 is 17.7 Å². The number of aromatic hydroxyl groups is 1. The van der Waals surface area contributed by atoms with Gasteiger partial charge in [0.05, 0.1) is 4.92 Å². The van der Waals surface area contributed by atoms with Gasteiger partial charge in [0.25, 0.3) is 0 Å². The fourth-order valence-corrected chi connectivity index (χ4v) is 0.977. The molecule has 0 unspecified atom stereocenters. The van der Waals surface area contributed by atoms with Crippen LogP contribution in [0.1, 0.15) is 5.56 Å². The summed E-state index contributed by atoms with van der Waals surface area (Å²) in [5.41, 5.74) is 4.93. The van der Waals surface area contributed by atoms with E-state index in [9.17, 15) is 20.0 Å². The lowest BCUT2D eigenvalue weighted by molar-refractivity contribution is -0.385. The number of nitro benzene ring substituents is 1. The summed E-state index contributed by atoms with van der Waals surface area (Å²) >= 11 is 0. The number of hydrogen-bond donors (Lipinski definition) is 2. The Hall–Kier alpha value is -2.37. The molecule has 0 aliphatic rings. The van der Waals surface area contributed by atoms with Crippen molar-refractivity contribution in [2.24, 2.45) is 5.73 Å². The van der Waals surface area contributed by atoms with Crippen LogP contribution in [0.25, 0.3) is 6.08 Å². The molecule has 1 amide bonds. The van der Waals surface area contributed by atoms with Crippen molar-refractivity contribution in [3.8, 4) is 5.75 Å². The van der Waals surface area contributed by atoms with E-state index in [-0.39, 0.29) is 5.69 Å². The molecule has 0 saturated carbocycles. The van der Waals surface area contributed by atoms with Gasteiger partial charge >= 0.3 is 5.69 Å². The molecule has 0 radical (unpaired) electrons. The third-order valence-corrected chi connectivity index (χ3v) is 1.64. The molecule has 0 bridgehead atoms. The Bertz CT molecular complexity index is 440. The number of nitro groups is 1. The van der Waals surface area contributed by atoms with E-state index in [2.05, 4.69) is 0 Å². The minimum Gasteiger partial charge on any atom is -0.502 e. The molecule has 1 aromatic carbocycles. The number of rotatable bonds is 3. The summed E-state index contributed by atoms with van der Waals surface area (Å²) in [6, 6.07) is 3.73. The maximum atomic E-state index is 10.4. The average molecular weight is 208 g/mol. The second-order valence-corrected chi connectivity index (χ2v) is 2.74. The highest BCUT2D eigenvalue weighted by Crippen LogP contribution is 2.26. The molecule has 6 heteroatoms. The Morgan fingerprint density at radius 1 is 1.53 bits per heavy atom. The Morgan fingerprint density at radius 2 is 2.20 bits per heavy atom. The first-order valence-corrected chi connectivity index (χ1v) is 3.95. The molecular weight excluding hydrogens is 200 g/mol. The van der Waals surface area contributed by atoms with Gasteiger partial charge in [0.2, 0.25) is 5.91 Å². The number of carbonyl (C=O) groups is 1. The third kappa shape index (κ3) is 2.80. The van der Waals surface area contributed by atoms with E-state index in [1.165, 1.54) is 18.2 Å². The van der Waals surface area contributed by atoms with Gasteiger partial charge in [-0.05, 0) is 23.8 Å². The number of carbonyl (C=O) groups excluding carboxylic acids is 1. The average Bonchev–Trinajstić information content (AvgIpc) is 2.14. The number of hydrogen-bond acceptors (Lipinski definition) is 4. The van der Waals surface area contributed by atoms with Gasteiger partial charge in [-0.2, -0.15) is 0 Å². The lowest BCUT2D eigenvalue weighted by Crippen LogP contribution is -2.05. The van der Waals surface area contributed by atoms with E-state index >= 15 is 0 Å². The maximum absolute atomic E-state index is 10.4. The zero-order chi connectivity index (χ0) is 11.4. The van der Waals surface area contributed by atoms with Gasteiger partial charge in [0.15, 0.2) is 5.75 Å². The number of nitrogens with zero attached hydrogens (tertiary/aromatic N) is 1. The van der Waals surface area contributed by atoms with E-state index in [1.807, 2.05) is 0 Å². The molecule has 0 aromatic heterocycles. The SMILES string of the molecule is NC(=O)/C=C\c1ccc([N+](=O)[O-])c(O)c1. The summed E-state index contributed by atoms with van der Waals surface area (Å²) in [5.74, 6) is -1.08. The largest absolute Gasteiger partial charge is 0.502 e. The highest BCUT2D eigenvalue weighted by Gasteiger charge is 2.11. The van der Waals surface area contributed by atoms with Crippen LogP contribution in [0.4, 0.5) is 5.69 Å². The predicted molar refractivity (Wildman–Crippen MR) is 53.0 cm³/mol. The van der Waals surface area contributed by atoms with E-state index < -0.39 is 16.6 Å². The lowest BCUT2D eigenvalue weighted by atomic mass is 10.2. The smallest absolute Gasteiger partial charge is 0.310 e. The van der Waals surface area contributed by atoms with E-state index in [4.69, 9.17) is 5.73 Å². The molecule has 0 atom stereocenters. The molecule has 15 heavy (non-hydrogen) atoms. The number of nitrogens with two attached hydrogens (primary N) is 1. The molecule has 0 saturated heterocycles. The maximum Gasteiger partial charge on any atom is 0.310 e. The van der Waals surface area contributed by atoms with Gasteiger partial charge in [-0.15, -0.1) is 0 Å². The predicted octanol–water partition coefficient (Wildman–Crippen LogP) is 0.799. The highest BCUT2D eigenvalue weighted by molar-refractivity contribution is 5.90. The third-order valence-electron chi connectivity index (χ3n) is 1.64. The summed E-state index contributed by atoms with van der Waals surface area (Å²) in [5, 5.41) is 19.6. The number of amides is 1. The van der Waals surface area contributed by atoms with Crippen molar-refractivity contribution < 1.29 is 14.8 Å². The molecule has 0 spiro atoms. The topological polar surface area (TPSA) is 106 Å². The number of primary amides is 1. The monoisotopic (exact) mass is 208 g/mol. The second kappa shape index (κ2) is 4.23. The lowest BCUT2D eigenvalue weighted by Gasteiger charge is -1.97. The van der Waals surface area contributed by atoms with Gasteiger partial charge in [-0.25, -0.2) is 0 Å². The number of benzene rings is 1. The van der Waals surface area contributed by atoms with Crippen LogP contribution in [-0.4, -0.2) is 15.9 Å². The van der Waals surface area contributed by atoms with Crippen LogP contribution < -0.4 is 5.73 Å². The standard InChI is InChI=1S/C9H8N2O4/c10-9(13)4-2-6-1-3-7(11(14)15)8(12)5-6/h1-5,12H,(H2,10,13)/b4-2-. The number of phenols is 1. The molecule has 0 aliphatic heterocycles. The molecule has 3 N–H and O–H groups in total. The molecule has 1 rings (SSSR count). The van der Waals surface area contributed by atoms with Crippen molar-refractivity contribution in [1.29, 1.82) is 0 Å². The fraction of sp³-hybridized carbons (Fsp3) is 0. The molecule has 0 fully saturated rings. The van der Waals surface area contributed by atoms with Crippen molar-refractivity contribution in [3.63, 3.8) is 0 Å². The van der Waals surface area contributed by atoms with Crippen LogP contribution in [-0.2, 0) is 4.79 Å². The Morgan fingerprint density at radius 3 is 2.67 bits per heavy atom. The van der Waals surface area contributed by atoms with Crippen LogP contribution >= 0.6 is 0 Å². The van der Waals surface area contributed by atoms with Crippen molar-refractivity contribution in [2.45, 2.75) is 0 Å². The van der Waals surface area contributed by atoms with E-state index in [0.29, 0.717) is 5.56 Å². The van der Waals surface area contributed by atoms with Gasteiger partial charge in [-0.1, -0.05) is 0 Å². The van der Waals surface area contributed by atoms with Crippen molar-refractivity contribution in [1.82, 2.24) is 0 Å². The Labute approximate surface area is 84.8 Å². The van der Waals surface area contributed by atoms with E-state index in [0.717, 1.165) is 12.1 Å². The van der Waals surface area contributed by atoms with Crippen LogP contribution in [0.5, 0.6) is 5.75 Å².